The SMILES string of the molecule is CCC(C)C(C)NS(=O)(=O)c1cc(CNC)cc(F)c1F. The third-order valence-corrected chi connectivity index (χ3v) is 5.12. The first kappa shape index (κ1) is 18.0. The van der Waals surface area contributed by atoms with Crippen molar-refractivity contribution in [1.29, 1.82) is 0 Å². The molecule has 21 heavy (non-hydrogen) atoms. The zero-order valence-corrected chi connectivity index (χ0v) is 13.5. The molecule has 1 aromatic carbocycles. The lowest BCUT2D eigenvalue weighted by atomic mass is 10.0. The maximum Gasteiger partial charge on any atom is 0.243 e. The van der Waals surface area contributed by atoms with E-state index in [1.807, 2.05) is 13.8 Å². The van der Waals surface area contributed by atoms with Crippen LogP contribution >= 0.6 is 0 Å². The van der Waals surface area contributed by atoms with Crippen molar-refractivity contribution >= 4 is 10.0 Å². The van der Waals surface area contributed by atoms with Crippen molar-refractivity contribution in [2.45, 2.75) is 44.7 Å². The minimum atomic E-state index is -4.10. The maximum atomic E-state index is 13.8. The van der Waals surface area contributed by atoms with E-state index in [2.05, 4.69) is 10.0 Å². The van der Waals surface area contributed by atoms with E-state index >= 15 is 0 Å². The Labute approximate surface area is 125 Å². The van der Waals surface area contributed by atoms with Gasteiger partial charge in [-0.3, -0.25) is 0 Å². The lowest BCUT2D eigenvalue weighted by molar-refractivity contribution is 0.430. The van der Waals surface area contributed by atoms with Gasteiger partial charge in [-0.15, -0.1) is 0 Å². The van der Waals surface area contributed by atoms with Crippen molar-refractivity contribution < 1.29 is 17.2 Å². The summed E-state index contributed by atoms with van der Waals surface area (Å²) < 4.78 is 54.3. The van der Waals surface area contributed by atoms with Crippen molar-refractivity contribution in [1.82, 2.24) is 10.0 Å². The number of hydrogen-bond donors (Lipinski definition) is 2. The van der Waals surface area contributed by atoms with Gasteiger partial charge in [0.2, 0.25) is 10.0 Å². The summed E-state index contributed by atoms with van der Waals surface area (Å²) in [5.41, 5.74) is 0.368. The van der Waals surface area contributed by atoms with Crippen LogP contribution < -0.4 is 10.0 Å². The molecule has 2 atom stereocenters. The van der Waals surface area contributed by atoms with Crippen LogP contribution in [0.4, 0.5) is 8.78 Å². The minimum absolute atomic E-state index is 0.0909. The molecular weight excluding hydrogens is 298 g/mol. The molecule has 0 aliphatic heterocycles. The average molecular weight is 320 g/mol. The Morgan fingerprint density at radius 3 is 2.38 bits per heavy atom. The predicted octanol–water partition coefficient (Wildman–Crippen LogP) is 2.40. The first-order valence-corrected chi connectivity index (χ1v) is 8.36. The molecule has 0 bridgehead atoms. The van der Waals surface area contributed by atoms with Crippen LogP contribution in [-0.2, 0) is 16.6 Å². The van der Waals surface area contributed by atoms with Gasteiger partial charge < -0.3 is 5.32 Å². The van der Waals surface area contributed by atoms with E-state index < -0.39 is 26.6 Å². The molecule has 2 unspecified atom stereocenters. The van der Waals surface area contributed by atoms with Gasteiger partial charge in [0.25, 0.3) is 0 Å². The van der Waals surface area contributed by atoms with Crippen LogP contribution in [0.15, 0.2) is 17.0 Å². The lowest BCUT2D eigenvalue weighted by Crippen LogP contribution is -2.37. The summed E-state index contributed by atoms with van der Waals surface area (Å²) in [5.74, 6) is -2.42. The summed E-state index contributed by atoms with van der Waals surface area (Å²) >= 11 is 0. The molecular formula is C14H22F2N2O2S. The van der Waals surface area contributed by atoms with Crippen LogP contribution in [0.2, 0.25) is 0 Å². The second-order valence-corrected chi connectivity index (χ2v) is 6.90. The fourth-order valence-electron chi connectivity index (χ4n) is 1.90. The van der Waals surface area contributed by atoms with Crippen molar-refractivity contribution in [3.8, 4) is 0 Å². The van der Waals surface area contributed by atoms with Crippen molar-refractivity contribution in [3.05, 3.63) is 29.3 Å². The van der Waals surface area contributed by atoms with Crippen molar-refractivity contribution in [2.24, 2.45) is 5.92 Å². The summed E-state index contributed by atoms with van der Waals surface area (Å²) in [6, 6.07) is 1.78. The van der Waals surface area contributed by atoms with Gasteiger partial charge >= 0.3 is 0 Å². The number of benzene rings is 1. The lowest BCUT2D eigenvalue weighted by Gasteiger charge is -2.20. The molecule has 0 aromatic heterocycles. The first-order chi connectivity index (χ1) is 9.72. The largest absolute Gasteiger partial charge is 0.316 e. The van der Waals surface area contributed by atoms with Gasteiger partial charge in [-0.1, -0.05) is 20.3 Å². The highest BCUT2D eigenvalue weighted by Crippen LogP contribution is 2.21. The molecule has 0 spiro atoms. The fourth-order valence-corrected chi connectivity index (χ4v) is 3.39. The van der Waals surface area contributed by atoms with Crippen LogP contribution in [0, 0.1) is 17.6 Å². The molecule has 2 N–H and O–H groups in total. The standard InChI is InChI=1S/C14H22F2N2O2S/c1-5-9(2)10(3)18-21(19,20)13-7-11(8-17-4)6-12(15)14(13)16/h6-7,9-10,17-18H,5,8H2,1-4H3. The molecule has 0 amide bonds. The van der Waals surface area contributed by atoms with E-state index in [0.29, 0.717) is 5.56 Å². The average Bonchev–Trinajstić information content (AvgIpc) is 2.41. The van der Waals surface area contributed by atoms with Gasteiger partial charge in [-0.05, 0) is 37.6 Å². The molecule has 1 aromatic rings. The monoisotopic (exact) mass is 320 g/mol. The summed E-state index contributed by atoms with van der Waals surface area (Å²) in [6.07, 6.45) is 0.778. The molecule has 1 rings (SSSR count). The number of hydrogen-bond acceptors (Lipinski definition) is 3. The van der Waals surface area contributed by atoms with Crippen LogP contribution in [0.25, 0.3) is 0 Å². The molecule has 4 nitrogen and oxygen atoms in total. The zero-order valence-electron chi connectivity index (χ0n) is 12.7. The number of nitrogens with one attached hydrogen (secondary N) is 2. The van der Waals surface area contributed by atoms with E-state index in [-0.39, 0.29) is 18.5 Å². The Morgan fingerprint density at radius 2 is 1.86 bits per heavy atom. The molecule has 0 heterocycles. The minimum Gasteiger partial charge on any atom is -0.316 e. The van der Waals surface area contributed by atoms with Gasteiger partial charge in [-0.2, -0.15) is 0 Å². The predicted molar refractivity (Wildman–Crippen MR) is 78.4 cm³/mol. The van der Waals surface area contributed by atoms with Gasteiger partial charge in [0.1, 0.15) is 4.90 Å². The van der Waals surface area contributed by atoms with Crippen molar-refractivity contribution in [2.75, 3.05) is 7.05 Å². The molecule has 0 radical (unpaired) electrons. The molecule has 0 aliphatic carbocycles. The van der Waals surface area contributed by atoms with Crippen LogP contribution in [0.3, 0.4) is 0 Å². The molecule has 0 aliphatic rings. The number of halogens is 2. The summed E-state index contributed by atoms with van der Waals surface area (Å²) in [6.45, 7) is 5.78. The second-order valence-electron chi connectivity index (χ2n) is 5.22. The second kappa shape index (κ2) is 7.29. The topological polar surface area (TPSA) is 58.2 Å². The summed E-state index contributed by atoms with van der Waals surface area (Å²) in [4.78, 5) is -0.650. The maximum absolute atomic E-state index is 13.8. The van der Waals surface area contributed by atoms with Crippen molar-refractivity contribution in [3.63, 3.8) is 0 Å². The zero-order chi connectivity index (χ0) is 16.2. The summed E-state index contributed by atoms with van der Waals surface area (Å²) in [5, 5.41) is 2.77. The van der Waals surface area contributed by atoms with Crippen LogP contribution in [0.1, 0.15) is 32.8 Å². The first-order valence-electron chi connectivity index (χ1n) is 6.87. The van der Waals surface area contributed by atoms with Gasteiger partial charge in [0.05, 0.1) is 0 Å². The Hall–Kier alpha value is -1.05. The smallest absolute Gasteiger partial charge is 0.243 e. The fraction of sp³-hybridized carbons (Fsp3) is 0.571. The molecule has 7 heteroatoms. The van der Waals surface area contributed by atoms with E-state index in [0.717, 1.165) is 18.6 Å². The van der Waals surface area contributed by atoms with Gasteiger partial charge in [0, 0.05) is 12.6 Å². The van der Waals surface area contributed by atoms with Crippen LogP contribution in [0.5, 0.6) is 0 Å². The Bertz CT molecular complexity index is 591. The number of rotatable bonds is 7. The quantitative estimate of drug-likeness (QED) is 0.811. The number of sulfonamides is 1. The molecule has 0 saturated heterocycles. The Kier molecular flexibility index (Phi) is 6.24. The highest BCUT2D eigenvalue weighted by atomic mass is 32.2. The van der Waals surface area contributed by atoms with E-state index in [9.17, 15) is 17.2 Å². The third-order valence-electron chi connectivity index (χ3n) is 3.56. The third kappa shape index (κ3) is 4.46. The van der Waals surface area contributed by atoms with E-state index in [1.165, 1.54) is 0 Å². The molecule has 0 saturated carbocycles. The molecule has 120 valence electrons. The normalized spacial score (nSPS) is 15.0. The summed E-state index contributed by atoms with van der Waals surface area (Å²) in [7, 11) is -2.46. The van der Waals surface area contributed by atoms with Gasteiger partial charge in [-0.25, -0.2) is 21.9 Å². The van der Waals surface area contributed by atoms with Gasteiger partial charge in [0.15, 0.2) is 11.6 Å². The van der Waals surface area contributed by atoms with E-state index in [4.69, 9.17) is 0 Å². The van der Waals surface area contributed by atoms with Crippen LogP contribution in [-0.4, -0.2) is 21.5 Å². The highest BCUT2D eigenvalue weighted by molar-refractivity contribution is 7.89. The Balaban J connectivity index is 3.18. The Morgan fingerprint density at radius 1 is 1.24 bits per heavy atom. The van der Waals surface area contributed by atoms with E-state index in [1.54, 1.807) is 14.0 Å². The highest BCUT2D eigenvalue weighted by Gasteiger charge is 2.26. The molecule has 0 fully saturated rings.